The van der Waals surface area contributed by atoms with Crippen LogP contribution in [-0.4, -0.2) is 31.0 Å². The Hall–Kier alpha value is -1.13. The summed E-state index contributed by atoms with van der Waals surface area (Å²) in [4.78, 5) is 0. The molecule has 1 aromatic carbocycles. The first-order valence-corrected chi connectivity index (χ1v) is 6.02. The van der Waals surface area contributed by atoms with Gasteiger partial charge in [0.15, 0.2) is 11.6 Å². The maximum absolute atomic E-state index is 13.5. The van der Waals surface area contributed by atoms with Crippen LogP contribution in [0.2, 0.25) is 0 Å². The first kappa shape index (κ1) is 14.9. The van der Waals surface area contributed by atoms with E-state index in [9.17, 15) is 9.50 Å². The molecule has 3 nitrogen and oxygen atoms in total. The van der Waals surface area contributed by atoms with Gasteiger partial charge in [0, 0.05) is 13.5 Å². The fourth-order valence-corrected chi connectivity index (χ4v) is 1.79. The summed E-state index contributed by atoms with van der Waals surface area (Å²) in [6.45, 7) is 3.79. The first-order valence-electron chi connectivity index (χ1n) is 6.02. The molecule has 0 saturated heterocycles. The molecule has 18 heavy (non-hydrogen) atoms. The zero-order valence-electron chi connectivity index (χ0n) is 11.4. The molecule has 0 saturated carbocycles. The van der Waals surface area contributed by atoms with E-state index in [2.05, 4.69) is 0 Å². The van der Waals surface area contributed by atoms with Crippen molar-refractivity contribution in [2.75, 3.05) is 14.2 Å². The molecule has 0 aliphatic carbocycles. The van der Waals surface area contributed by atoms with E-state index in [4.69, 9.17) is 9.47 Å². The van der Waals surface area contributed by atoms with Crippen LogP contribution in [-0.2, 0) is 11.2 Å². The van der Waals surface area contributed by atoms with E-state index in [0.717, 1.165) is 5.56 Å². The van der Waals surface area contributed by atoms with Gasteiger partial charge in [0.25, 0.3) is 0 Å². The Morgan fingerprint density at radius 2 is 2.06 bits per heavy atom. The van der Waals surface area contributed by atoms with Gasteiger partial charge in [0.05, 0.1) is 18.8 Å². The SMILES string of the molecule is CCC(C)(OC)C(O)Cc1ccc(OC)c(F)c1. The van der Waals surface area contributed by atoms with Crippen LogP contribution in [0.4, 0.5) is 4.39 Å². The van der Waals surface area contributed by atoms with Crippen LogP contribution in [0.15, 0.2) is 18.2 Å². The average molecular weight is 256 g/mol. The summed E-state index contributed by atoms with van der Waals surface area (Å²) in [6, 6.07) is 4.69. The maximum atomic E-state index is 13.5. The monoisotopic (exact) mass is 256 g/mol. The van der Waals surface area contributed by atoms with Crippen molar-refractivity contribution in [3.63, 3.8) is 0 Å². The highest BCUT2D eigenvalue weighted by Gasteiger charge is 2.31. The zero-order valence-corrected chi connectivity index (χ0v) is 11.4. The number of hydrogen-bond acceptors (Lipinski definition) is 3. The summed E-state index contributed by atoms with van der Waals surface area (Å²) in [5.74, 6) is -0.212. The molecule has 0 spiro atoms. The number of ether oxygens (including phenoxy) is 2. The number of benzene rings is 1. The molecule has 1 N–H and O–H groups in total. The fraction of sp³-hybridized carbons (Fsp3) is 0.571. The molecule has 102 valence electrons. The Balaban J connectivity index is 2.82. The highest BCUT2D eigenvalue weighted by molar-refractivity contribution is 5.29. The van der Waals surface area contributed by atoms with Crippen LogP contribution in [0.3, 0.4) is 0 Å². The van der Waals surface area contributed by atoms with Gasteiger partial charge < -0.3 is 14.6 Å². The van der Waals surface area contributed by atoms with Crippen molar-refractivity contribution in [2.24, 2.45) is 0 Å². The van der Waals surface area contributed by atoms with E-state index < -0.39 is 17.5 Å². The highest BCUT2D eigenvalue weighted by atomic mass is 19.1. The first-order chi connectivity index (χ1) is 8.46. The Labute approximate surface area is 108 Å². The predicted octanol–water partition coefficient (Wildman–Crippen LogP) is 2.55. The molecule has 2 unspecified atom stereocenters. The molecule has 4 heteroatoms. The van der Waals surface area contributed by atoms with Crippen molar-refractivity contribution in [1.29, 1.82) is 0 Å². The Bertz CT molecular complexity index is 389. The number of rotatable bonds is 6. The smallest absolute Gasteiger partial charge is 0.165 e. The minimum Gasteiger partial charge on any atom is -0.494 e. The van der Waals surface area contributed by atoms with Crippen molar-refractivity contribution in [1.82, 2.24) is 0 Å². The van der Waals surface area contributed by atoms with E-state index in [1.54, 1.807) is 19.2 Å². The van der Waals surface area contributed by atoms with Crippen LogP contribution in [0.25, 0.3) is 0 Å². The van der Waals surface area contributed by atoms with Gasteiger partial charge in [-0.15, -0.1) is 0 Å². The van der Waals surface area contributed by atoms with Gasteiger partial charge in [0.2, 0.25) is 0 Å². The molecule has 1 aromatic rings. The van der Waals surface area contributed by atoms with E-state index in [-0.39, 0.29) is 5.75 Å². The average Bonchev–Trinajstić information content (AvgIpc) is 2.38. The molecule has 0 aliphatic heterocycles. The fourth-order valence-electron chi connectivity index (χ4n) is 1.79. The predicted molar refractivity (Wildman–Crippen MR) is 68.4 cm³/mol. The lowest BCUT2D eigenvalue weighted by Crippen LogP contribution is -2.42. The molecule has 1 rings (SSSR count). The summed E-state index contributed by atoms with van der Waals surface area (Å²) in [5.41, 5.74) is 0.105. The quantitative estimate of drug-likeness (QED) is 0.850. The molecule has 0 heterocycles. The normalized spacial score (nSPS) is 16.1. The number of aliphatic hydroxyl groups is 1. The molecule has 0 aromatic heterocycles. The molecular formula is C14H21FO3. The Morgan fingerprint density at radius 3 is 2.50 bits per heavy atom. The van der Waals surface area contributed by atoms with Crippen molar-refractivity contribution < 1.29 is 19.0 Å². The van der Waals surface area contributed by atoms with Gasteiger partial charge >= 0.3 is 0 Å². The summed E-state index contributed by atoms with van der Waals surface area (Å²) in [5, 5.41) is 10.2. The number of aliphatic hydroxyl groups excluding tert-OH is 1. The number of hydrogen-bond donors (Lipinski definition) is 1. The van der Waals surface area contributed by atoms with Gasteiger partial charge in [-0.3, -0.25) is 0 Å². The zero-order chi connectivity index (χ0) is 13.8. The third-order valence-corrected chi connectivity index (χ3v) is 3.52. The minimum absolute atomic E-state index is 0.207. The summed E-state index contributed by atoms with van der Waals surface area (Å²) in [6.07, 6.45) is 0.350. The van der Waals surface area contributed by atoms with Gasteiger partial charge in [-0.1, -0.05) is 13.0 Å². The van der Waals surface area contributed by atoms with Crippen molar-refractivity contribution in [2.45, 2.75) is 38.4 Å². The third-order valence-electron chi connectivity index (χ3n) is 3.52. The molecule has 2 atom stereocenters. The van der Waals surface area contributed by atoms with Gasteiger partial charge in [-0.05, 0) is 31.0 Å². The second kappa shape index (κ2) is 6.16. The lowest BCUT2D eigenvalue weighted by molar-refractivity contribution is -0.0914. The Kier molecular flexibility index (Phi) is 5.11. The van der Waals surface area contributed by atoms with E-state index in [1.807, 2.05) is 13.8 Å². The molecular weight excluding hydrogens is 235 g/mol. The second-order valence-electron chi connectivity index (χ2n) is 4.56. The molecule has 0 aliphatic rings. The van der Waals surface area contributed by atoms with Crippen molar-refractivity contribution >= 4 is 0 Å². The molecule has 0 radical (unpaired) electrons. The van der Waals surface area contributed by atoms with E-state index in [0.29, 0.717) is 12.8 Å². The third kappa shape index (κ3) is 3.21. The van der Waals surface area contributed by atoms with Crippen LogP contribution in [0.1, 0.15) is 25.8 Å². The van der Waals surface area contributed by atoms with Gasteiger partial charge in [-0.25, -0.2) is 4.39 Å². The molecule has 0 fully saturated rings. The van der Waals surface area contributed by atoms with Crippen LogP contribution in [0, 0.1) is 5.82 Å². The van der Waals surface area contributed by atoms with Crippen LogP contribution in [0.5, 0.6) is 5.75 Å². The van der Waals surface area contributed by atoms with E-state index >= 15 is 0 Å². The summed E-state index contributed by atoms with van der Waals surface area (Å²) < 4.78 is 23.7. The largest absolute Gasteiger partial charge is 0.494 e. The molecule has 0 amide bonds. The lowest BCUT2D eigenvalue weighted by Gasteiger charge is -2.32. The second-order valence-corrected chi connectivity index (χ2v) is 4.56. The number of methoxy groups -OCH3 is 2. The van der Waals surface area contributed by atoms with Crippen molar-refractivity contribution in [3.8, 4) is 5.75 Å². The van der Waals surface area contributed by atoms with Gasteiger partial charge in [0.1, 0.15) is 0 Å². The van der Waals surface area contributed by atoms with Crippen molar-refractivity contribution in [3.05, 3.63) is 29.6 Å². The highest BCUT2D eigenvalue weighted by Crippen LogP contribution is 2.24. The molecule has 0 bridgehead atoms. The van der Waals surface area contributed by atoms with Crippen LogP contribution >= 0.6 is 0 Å². The van der Waals surface area contributed by atoms with Gasteiger partial charge in [-0.2, -0.15) is 0 Å². The summed E-state index contributed by atoms with van der Waals surface area (Å²) >= 11 is 0. The standard InChI is InChI=1S/C14H21FO3/c1-5-14(2,18-4)13(16)9-10-6-7-12(17-3)11(15)8-10/h6-8,13,16H,5,9H2,1-4H3. The lowest BCUT2D eigenvalue weighted by atomic mass is 9.91. The summed E-state index contributed by atoms with van der Waals surface area (Å²) in [7, 11) is 2.99. The maximum Gasteiger partial charge on any atom is 0.165 e. The topological polar surface area (TPSA) is 38.7 Å². The minimum atomic E-state index is -0.680. The van der Waals surface area contributed by atoms with E-state index in [1.165, 1.54) is 13.2 Å². The number of halogens is 1. The van der Waals surface area contributed by atoms with Crippen LogP contribution < -0.4 is 4.74 Å². The Morgan fingerprint density at radius 1 is 1.39 bits per heavy atom.